The predicted octanol–water partition coefficient (Wildman–Crippen LogP) is 4.67. The predicted molar refractivity (Wildman–Crippen MR) is 88.7 cm³/mol. The number of nitro groups is 1. The van der Waals surface area contributed by atoms with E-state index in [0.717, 1.165) is 17.0 Å². The SMILES string of the molecule is CC1(C)C(/C=C/c2cccc([N+](=O)[O-])c2)=Nc2ccccc21. The van der Waals surface area contributed by atoms with Crippen LogP contribution < -0.4 is 0 Å². The van der Waals surface area contributed by atoms with Crippen LogP contribution in [0.5, 0.6) is 0 Å². The van der Waals surface area contributed by atoms with Gasteiger partial charge in [0.05, 0.1) is 16.3 Å². The molecule has 2 aromatic carbocycles. The van der Waals surface area contributed by atoms with Crippen molar-refractivity contribution in [3.8, 4) is 0 Å². The fourth-order valence-corrected chi connectivity index (χ4v) is 2.67. The Labute approximate surface area is 129 Å². The van der Waals surface area contributed by atoms with Crippen molar-refractivity contribution in [2.75, 3.05) is 0 Å². The summed E-state index contributed by atoms with van der Waals surface area (Å²) in [5.41, 5.74) is 3.88. The molecule has 4 heteroatoms. The van der Waals surface area contributed by atoms with Crippen LogP contribution in [0.3, 0.4) is 0 Å². The molecule has 110 valence electrons. The van der Waals surface area contributed by atoms with Gasteiger partial charge in [-0.05, 0) is 23.3 Å². The molecule has 0 saturated heterocycles. The molecule has 0 aromatic heterocycles. The van der Waals surface area contributed by atoms with Crippen LogP contribution in [0.15, 0.2) is 59.6 Å². The second-order valence-electron chi connectivity index (χ2n) is 5.82. The number of aliphatic imine (C=N–C) groups is 1. The third kappa shape index (κ3) is 2.44. The maximum absolute atomic E-state index is 10.8. The lowest BCUT2D eigenvalue weighted by Gasteiger charge is -2.20. The van der Waals surface area contributed by atoms with Crippen molar-refractivity contribution < 1.29 is 4.92 Å². The van der Waals surface area contributed by atoms with Crippen LogP contribution in [0, 0.1) is 10.1 Å². The first-order chi connectivity index (χ1) is 10.5. The molecule has 0 aliphatic carbocycles. The van der Waals surface area contributed by atoms with Gasteiger partial charge in [0.1, 0.15) is 0 Å². The first-order valence-corrected chi connectivity index (χ1v) is 7.10. The van der Waals surface area contributed by atoms with Crippen LogP contribution in [-0.2, 0) is 5.41 Å². The molecule has 0 bridgehead atoms. The maximum atomic E-state index is 10.8. The zero-order chi connectivity index (χ0) is 15.7. The zero-order valence-electron chi connectivity index (χ0n) is 12.5. The number of allylic oxidation sites excluding steroid dienone is 1. The standard InChI is InChI=1S/C18H16N2O2/c1-18(2)15-8-3-4-9-16(15)19-17(18)11-10-13-6-5-7-14(12-13)20(21)22/h3-12H,1-2H3/b11-10+. The Morgan fingerprint density at radius 2 is 1.86 bits per heavy atom. The molecule has 2 aromatic rings. The van der Waals surface area contributed by atoms with E-state index in [1.54, 1.807) is 12.1 Å². The number of benzene rings is 2. The van der Waals surface area contributed by atoms with E-state index in [0.29, 0.717) is 0 Å². The number of non-ortho nitro benzene ring substituents is 1. The van der Waals surface area contributed by atoms with E-state index in [9.17, 15) is 10.1 Å². The molecule has 0 N–H and O–H groups in total. The molecule has 0 fully saturated rings. The number of hydrogen-bond donors (Lipinski definition) is 0. The minimum Gasteiger partial charge on any atom is -0.258 e. The number of fused-ring (bicyclic) bond motifs is 1. The van der Waals surface area contributed by atoms with Gasteiger partial charge in [-0.3, -0.25) is 15.1 Å². The van der Waals surface area contributed by atoms with Gasteiger partial charge < -0.3 is 0 Å². The molecule has 1 aliphatic rings. The van der Waals surface area contributed by atoms with Crippen LogP contribution >= 0.6 is 0 Å². The van der Waals surface area contributed by atoms with Crippen molar-refractivity contribution in [3.05, 3.63) is 75.8 Å². The highest BCUT2D eigenvalue weighted by atomic mass is 16.6. The zero-order valence-corrected chi connectivity index (χ0v) is 12.5. The monoisotopic (exact) mass is 292 g/mol. The summed E-state index contributed by atoms with van der Waals surface area (Å²) >= 11 is 0. The largest absolute Gasteiger partial charge is 0.270 e. The summed E-state index contributed by atoms with van der Waals surface area (Å²) in [6, 6.07) is 14.7. The van der Waals surface area contributed by atoms with E-state index in [-0.39, 0.29) is 16.0 Å². The second-order valence-corrected chi connectivity index (χ2v) is 5.82. The Morgan fingerprint density at radius 3 is 2.59 bits per heavy atom. The van der Waals surface area contributed by atoms with Gasteiger partial charge >= 0.3 is 0 Å². The van der Waals surface area contributed by atoms with Gasteiger partial charge in [-0.15, -0.1) is 0 Å². The lowest BCUT2D eigenvalue weighted by molar-refractivity contribution is -0.384. The van der Waals surface area contributed by atoms with Crippen molar-refractivity contribution in [2.45, 2.75) is 19.3 Å². The first-order valence-electron chi connectivity index (χ1n) is 7.10. The average molecular weight is 292 g/mol. The lowest BCUT2D eigenvalue weighted by Crippen LogP contribution is -2.23. The smallest absolute Gasteiger partial charge is 0.258 e. The van der Waals surface area contributed by atoms with E-state index < -0.39 is 0 Å². The summed E-state index contributed by atoms with van der Waals surface area (Å²) in [5.74, 6) is 0. The van der Waals surface area contributed by atoms with Crippen molar-refractivity contribution >= 4 is 23.2 Å². The third-order valence-corrected chi connectivity index (χ3v) is 3.97. The Kier molecular flexibility index (Phi) is 3.37. The molecule has 0 saturated carbocycles. The highest BCUT2D eigenvalue weighted by molar-refractivity contribution is 6.10. The maximum Gasteiger partial charge on any atom is 0.270 e. The molecule has 0 amide bonds. The van der Waals surface area contributed by atoms with Crippen molar-refractivity contribution in [1.29, 1.82) is 0 Å². The van der Waals surface area contributed by atoms with Crippen LogP contribution in [0.2, 0.25) is 0 Å². The van der Waals surface area contributed by atoms with Crippen molar-refractivity contribution in [2.24, 2.45) is 4.99 Å². The molecule has 4 nitrogen and oxygen atoms in total. The quantitative estimate of drug-likeness (QED) is 0.609. The molecule has 22 heavy (non-hydrogen) atoms. The van der Waals surface area contributed by atoms with Crippen LogP contribution in [0.1, 0.15) is 25.0 Å². The summed E-state index contributed by atoms with van der Waals surface area (Å²) in [7, 11) is 0. The Hall–Kier alpha value is -2.75. The Balaban J connectivity index is 1.91. The summed E-state index contributed by atoms with van der Waals surface area (Å²) in [5, 5.41) is 10.8. The Morgan fingerprint density at radius 1 is 1.09 bits per heavy atom. The van der Waals surface area contributed by atoms with E-state index in [4.69, 9.17) is 0 Å². The summed E-state index contributed by atoms with van der Waals surface area (Å²) in [6.07, 6.45) is 3.82. The van der Waals surface area contributed by atoms with Gasteiger partial charge in [0.25, 0.3) is 5.69 Å². The van der Waals surface area contributed by atoms with E-state index >= 15 is 0 Å². The number of nitro benzene ring substituents is 1. The van der Waals surface area contributed by atoms with E-state index in [1.165, 1.54) is 11.6 Å². The normalized spacial score (nSPS) is 15.6. The molecular weight excluding hydrogens is 276 g/mol. The molecule has 3 rings (SSSR count). The number of rotatable bonds is 3. The van der Waals surface area contributed by atoms with E-state index in [2.05, 4.69) is 24.9 Å². The van der Waals surface area contributed by atoms with Gasteiger partial charge in [-0.2, -0.15) is 0 Å². The number of nitrogens with zero attached hydrogens (tertiary/aromatic N) is 2. The summed E-state index contributed by atoms with van der Waals surface area (Å²) < 4.78 is 0. The van der Waals surface area contributed by atoms with Gasteiger partial charge in [-0.1, -0.05) is 50.3 Å². The summed E-state index contributed by atoms with van der Waals surface area (Å²) in [4.78, 5) is 15.1. The average Bonchev–Trinajstić information content (AvgIpc) is 2.77. The topological polar surface area (TPSA) is 55.5 Å². The van der Waals surface area contributed by atoms with E-state index in [1.807, 2.05) is 36.4 Å². The van der Waals surface area contributed by atoms with Gasteiger partial charge in [-0.25, -0.2) is 0 Å². The highest BCUT2D eigenvalue weighted by Gasteiger charge is 2.32. The second kappa shape index (κ2) is 5.22. The molecule has 0 unspecified atom stereocenters. The molecule has 0 atom stereocenters. The van der Waals surface area contributed by atoms with Crippen LogP contribution in [0.4, 0.5) is 11.4 Å². The third-order valence-electron chi connectivity index (χ3n) is 3.97. The highest BCUT2D eigenvalue weighted by Crippen LogP contribution is 2.40. The lowest BCUT2D eigenvalue weighted by atomic mass is 9.81. The molecule has 1 heterocycles. The minimum atomic E-state index is -0.385. The van der Waals surface area contributed by atoms with Crippen molar-refractivity contribution in [1.82, 2.24) is 0 Å². The van der Waals surface area contributed by atoms with Crippen LogP contribution in [0.25, 0.3) is 6.08 Å². The van der Waals surface area contributed by atoms with Gasteiger partial charge in [0.15, 0.2) is 0 Å². The Bertz CT molecular complexity index is 804. The van der Waals surface area contributed by atoms with Crippen molar-refractivity contribution in [3.63, 3.8) is 0 Å². The van der Waals surface area contributed by atoms with Gasteiger partial charge in [0, 0.05) is 17.5 Å². The number of hydrogen-bond acceptors (Lipinski definition) is 3. The fourth-order valence-electron chi connectivity index (χ4n) is 2.67. The molecular formula is C18H16N2O2. The summed E-state index contributed by atoms with van der Waals surface area (Å²) in [6.45, 7) is 4.27. The number of para-hydroxylation sites is 1. The fraction of sp³-hybridized carbons (Fsp3) is 0.167. The molecule has 1 aliphatic heterocycles. The molecule has 0 spiro atoms. The van der Waals surface area contributed by atoms with Gasteiger partial charge in [0.2, 0.25) is 0 Å². The molecule has 0 radical (unpaired) electrons. The first kappa shape index (κ1) is 14.2. The van der Waals surface area contributed by atoms with Crippen LogP contribution in [-0.4, -0.2) is 10.6 Å². The minimum absolute atomic E-state index is 0.0954.